The van der Waals surface area contributed by atoms with Crippen LogP contribution in [0.2, 0.25) is 0 Å². The van der Waals surface area contributed by atoms with Crippen molar-refractivity contribution >= 4 is 17.5 Å². The van der Waals surface area contributed by atoms with E-state index in [1.807, 2.05) is 30.4 Å². The molecule has 4 rings (SSSR count). The third-order valence-electron chi connectivity index (χ3n) is 5.10. The summed E-state index contributed by atoms with van der Waals surface area (Å²) in [6.45, 7) is 0. The summed E-state index contributed by atoms with van der Waals surface area (Å²) in [5, 5.41) is 5.64. The van der Waals surface area contributed by atoms with E-state index in [-0.39, 0.29) is 23.1 Å². The molecule has 31 heavy (non-hydrogen) atoms. The van der Waals surface area contributed by atoms with Gasteiger partial charge in [-0.15, -0.1) is 0 Å². The molecule has 2 heterocycles. The van der Waals surface area contributed by atoms with Gasteiger partial charge in [0.15, 0.2) is 0 Å². The summed E-state index contributed by atoms with van der Waals surface area (Å²) in [6.07, 6.45) is 10.6. The Labute approximate surface area is 180 Å². The van der Waals surface area contributed by atoms with Crippen LogP contribution in [-0.4, -0.2) is 27.9 Å². The summed E-state index contributed by atoms with van der Waals surface area (Å²) >= 11 is 0. The van der Waals surface area contributed by atoms with Gasteiger partial charge in [0.1, 0.15) is 5.69 Å². The molecule has 7 heteroatoms. The van der Waals surface area contributed by atoms with Gasteiger partial charge < -0.3 is 15.6 Å². The Balaban J connectivity index is 1.44. The highest BCUT2D eigenvalue weighted by molar-refractivity contribution is 5.94. The molecule has 156 valence electrons. The minimum atomic E-state index is -0.361. The number of carbonyl (C=O) groups excluding carboxylic acids is 1. The lowest BCUT2D eigenvalue weighted by Crippen LogP contribution is -2.26. The van der Waals surface area contributed by atoms with E-state index in [1.165, 1.54) is 11.1 Å². The number of aromatic amines is 1. The van der Waals surface area contributed by atoms with Crippen LogP contribution in [0.15, 0.2) is 83.5 Å². The third kappa shape index (κ3) is 4.95. The molecule has 3 aromatic rings. The molecule has 0 fully saturated rings. The average molecular weight is 413 g/mol. The molecular formula is C24H23N5O2. The Bertz CT molecular complexity index is 1200. The van der Waals surface area contributed by atoms with Crippen molar-refractivity contribution in [1.29, 1.82) is 0 Å². The summed E-state index contributed by atoms with van der Waals surface area (Å²) in [6, 6.07) is 13.6. The maximum absolute atomic E-state index is 12.8. The van der Waals surface area contributed by atoms with Gasteiger partial charge in [-0.25, -0.2) is 9.97 Å². The standard InChI is InChI=1S/C24H23N5O2/c1-25-24-26-12-11-20(29-24)19-14-21(23(31)27-15-19)28-22(30)18-9-7-17(8-10-18)13-16-5-3-2-4-6-16/h2-9,11-12,14-15,18H,10,13H2,1H3,(H,27,31)(H,28,30)(H,25,26,29). The van der Waals surface area contributed by atoms with E-state index in [1.54, 1.807) is 31.6 Å². The zero-order valence-electron chi connectivity index (χ0n) is 17.1. The van der Waals surface area contributed by atoms with Gasteiger partial charge in [-0.1, -0.05) is 48.6 Å². The minimum absolute atomic E-state index is 0.194. The van der Waals surface area contributed by atoms with Crippen molar-refractivity contribution in [2.75, 3.05) is 17.7 Å². The Morgan fingerprint density at radius 2 is 2.06 bits per heavy atom. The fourth-order valence-electron chi connectivity index (χ4n) is 3.41. The second-order valence-electron chi connectivity index (χ2n) is 7.28. The molecule has 3 N–H and O–H groups in total. The van der Waals surface area contributed by atoms with Crippen LogP contribution in [0.4, 0.5) is 11.6 Å². The number of hydrogen-bond acceptors (Lipinski definition) is 5. The molecule has 1 aliphatic carbocycles. The van der Waals surface area contributed by atoms with Crippen LogP contribution in [0.5, 0.6) is 0 Å². The number of carbonyl (C=O) groups is 1. The molecule has 0 saturated carbocycles. The monoisotopic (exact) mass is 413 g/mol. The molecule has 0 radical (unpaired) electrons. The number of aromatic nitrogens is 3. The van der Waals surface area contributed by atoms with Crippen molar-refractivity contribution in [3.8, 4) is 11.3 Å². The second kappa shape index (κ2) is 9.21. The van der Waals surface area contributed by atoms with E-state index in [0.29, 0.717) is 23.6 Å². The normalized spacial score (nSPS) is 15.3. The SMILES string of the molecule is CNc1nccc(-c2c[nH]c(=O)c(NC(=O)C3C=CC(Cc4ccccc4)=CC3)c2)n1. The van der Waals surface area contributed by atoms with Crippen molar-refractivity contribution in [2.45, 2.75) is 12.8 Å². The first-order chi connectivity index (χ1) is 15.1. The molecule has 0 bridgehead atoms. The quantitative estimate of drug-likeness (QED) is 0.574. The van der Waals surface area contributed by atoms with Crippen LogP contribution in [0, 0.1) is 5.92 Å². The first kappa shape index (κ1) is 20.3. The van der Waals surface area contributed by atoms with Crippen molar-refractivity contribution in [1.82, 2.24) is 15.0 Å². The number of nitrogens with zero attached hydrogens (tertiary/aromatic N) is 2. The van der Waals surface area contributed by atoms with Crippen molar-refractivity contribution in [3.05, 3.63) is 94.6 Å². The maximum atomic E-state index is 12.8. The van der Waals surface area contributed by atoms with Gasteiger partial charge in [-0.05, 0) is 36.1 Å². The number of allylic oxidation sites excluding steroid dienone is 3. The molecule has 1 atom stereocenters. The van der Waals surface area contributed by atoms with Crippen molar-refractivity contribution in [2.24, 2.45) is 5.92 Å². The molecule has 1 amide bonds. The van der Waals surface area contributed by atoms with Crippen LogP contribution in [-0.2, 0) is 11.2 Å². The third-order valence-corrected chi connectivity index (χ3v) is 5.10. The highest BCUT2D eigenvalue weighted by Gasteiger charge is 2.19. The van der Waals surface area contributed by atoms with Crippen LogP contribution >= 0.6 is 0 Å². The molecule has 1 aliphatic rings. The second-order valence-corrected chi connectivity index (χ2v) is 7.28. The van der Waals surface area contributed by atoms with E-state index in [4.69, 9.17) is 0 Å². The predicted octanol–water partition coefficient (Wildman–Crippen LogP) is 3.56. The van der Waals surface area contributed by atoms with Crippen LogP contribution in [0.1, 0.15) is 12.0 Å². The summed E-state index contributed by atoms with van der Waals surface area (Å²) < 4.78 is 0. The van der Waals surface area contributed by atoms with E-state index in [2.05, 4.69) is 43.8 Å². The number of amides is 1. The lowest BCUT2D eigenvalue weighted by Gasteiger charge is -2.16. The maximum Gasteiger partial charge on any atom is 0.271 e. The van der Waals surface area contributed by atoms with Crippen molar-refractivity contribution < 1.29 is 4.79 Å². The summed E-state index contributed by atoms with van der Waals surface area (Å²) in [4.78, 5) is 36.1. The van der Waals surface area contributed by atoms with E-state index >= 15 is 0 Å². The van der Waals surface area contributed by atoms with Gasteiger partial charge in [0.2, 0.25) is 11.9 Å². The van der Waals surface area contributed by atoms with Gasteiger partial charge in [0.05, 0.1) is 11.6 Å². The highest BCUT2D eigenvalue weighted by atomic mass is 16.2. The van der Waals surface area contributed by atoms with Crippen LogP contribution in [0.25, 0.3) is 11.3 Å². The summed E-state index contributed by atoms with van der Waals surface area (Å²) in [5.41, 5.74) is 3.56. The molecule has 0 aliphatic heterocycles. The fourth-order valence-corrected chi connectivity index (χ4v) is 3.41. The Morgan fingerprint density at radius 1 is 1.23 bits per heavy atom. The molecular weight excluding hydrogens is 390 g/mol. The molecule has 1 unspecified atom stereocenters. The first-order valence-electron chi connectivity index (χ1n) is 10.1. The zero-order chi connectivity index (χ0) is 21.6. The Kier molecular flexibility index (Phi) is 6.03. The molecule has 7 nitrogen and oxygen atoms in total. The van der Waals surface area contributed by atoms with Gasteiger partial charge in [0.25, 0.3) is 5.56 Å². The van der Waals surface area contributed by atoms with Crippen LogP contribution in [0.3, 0.4) is 0 Å². The Morgan fingerprint density at radius 3 is 2.81 bits per heavy atom. The average Bonchev–Trinajstić information content (AvgIpc) is 2.81. The Hall–Kier alpha value is -4.00. The molecule has 0 spiro atoms. The minimum Gasteiger partial charge on any atom is -0.357 e. The topological polar surface area (TPSA) is 99.8 Å². The lowest BCUT2D eigenvalue weighted by molar-refractivity contribution is -0.118. The smallest absolute Gasteiger partial charge is 0.271 e. The largest absolute Gasteiger partial charge is 0.357 e. The fraction of sp³-hybridized carbons (Fsp3) is 0.167. The van der Waals surface area contributed by atoms with E-state index in [9.17, 15) is 9.59 Å². The predicted molar refractivity (Wildman–Crippen MR) is 122 cm³/mol. The zero-order valence-corrected chi connectivity index (χ0v) is 17.1. The van der Waals surface area contributed by atoms with E-state index in [0.717, 1.165) is 6.42 Å². The highest BCUT2D eigenvalue weighted by Crippen LogP contribution is 2.22. The number of pyridine rings is 1. The number of hydrogen-bond donors (Lipinski definition) is 3. The first-order valence-corrected chi connectivity index (χ1v) is 10.1. The number of anilines is 2. The number of nitrogens with one attached hydrogen (secondary N) is 3. The van der Waals surface area contributed by atoms with Gasteiger partial charge in [0, 0.05) is 25.0 Å². The molecule has 1 aromatic carbocycles. The molecule has 2 aromatic heterocycles. The number of benzene rings is 1. The molecule has 0 saturated heterocycles. The number of rotatable bonds is 6. The summed E-state index contributed by atoms with van der Waals surface area (Å²) in [5.74, 6) is -0.0650. The van der Waals surface area contributed by atoms with Crippen LogP contribution < -0.4 is 16.2 Å². The van der Waals surface area contributed by atoms with Crippen molar-refractivity contribution in [3.63, 3.8) is 0 Å². The van der Waals surface area contributed by atoms with Gasteiger partial charge >= 0.3 is 0 Å². The summed E-state index contributed by atoms with van der Waals surface area (Å²) in [7, 11) is 1.73. The number of H-pyrrole nitrogens is 1. The van der Waals surface area contributed by atoms with Gasteiger partial charge in [-0.2, -0.15) is 0 Å². The van der Waals surface area contributed by atoms with E-state index < -0.39 is 0 Å². The lowest BCUT2D eigenvalue weighted by atomic mass is 9.93. The van der Waals surface area contributed by atoms with Gasteiger partial charge in [-0.3, -0.25) is 9.59 Å².